The number of amides is 1. The highest BCUT2D eigenvalue weighted by Crippen LogP contribution is 2.29. The quantitative estimate of drug-likeness (QED) is 0.476. The predicted molar refractivity (Wildman–Crippen MR) is 85.4 cm³/mol. The van der Waals surface area contributed by atoms with Crippen LogP contribution in [-0.2, 0) is 11.3 Å². The van der Waals surface area contributed by atoms with Crippen LogP contribution in [0.15, 0.2) is 29.4 Å². The van der Waals surface area contributed by atoms with Crippen LogP contribution < -0.4 is 4.90 Å². The summed E-state index contributed by atoms with van der Waals surface area (Å²) in [6, 6.07) is 8.16. The molecule has 6 nitrogen and oxygen atoms in total. The zero-order valence-corrected chi connectivity index (χ0v) is 12.7. The first-order chi connectivity index (χ1) is 10.8. The fourth-order valence-electron chi connectivity index (χ4n) is 3.38. The molecule has 6 heteroatoms. The number of rotatable bonds is 5. The van der Waals surface area contributed by atoms with Gasteiger partial charge in [-0.25, -0.2) is 0 Å². The summed E-state index contributed by atoms with van der Waals surface area (Å²) in [6.45, 7) is 4.23. The van der Waals surface area contributed by atoms with E-state index >= 15 is 0 Å². The molecule has 0 aromatic heterocycles. The lowest BCUT2D eigenvalue weighted by Gasteiger charge is -2.23. The number of nitrogens with zero attached hydrogens (tertiary/aromatic N) is 5. The average molecular weight is 299 g/mol. The number of carbonyl (C=O) groups is 1. The number of hydrogen-bond acceptors (Lipinski definition) is 3. The molecule has 0 bridgehead atoms. The van der Waals surface area contributed by atoms with Gasteiger partial charge in [-0.05, 0) is 49.0 Å². The summed E-state index contributed by atoms with van der Waals surface area (Å²) in [5.74, 6) is 0.259. The third-order valence-electron chi connectivity index (χ3n) is 4.48. The Bertz CT molecular complexity index is 590. The zero-order valence-electron chi connectivity index (χ0n) is 12.7. The fraction of sp³-hybridized carbons (Fsp3) is 0.562. The highest BCUT2D eigenvalue weighted by atomic mass is 16.2. The van der Waals surface area contributed by atoms with E-state index in [0.29, 0.717) is 19.5 Å². The summed E-state index contributed by atoms with van der Waals surface area (Å²) in [6.07, 6.45) is 3.00. The van der Waals surface area contributed by atoms with Crippen molar-refractivity contribution < 1.29 is 4.79 Å². The van der Waals surface area contributed by atoms with E-state index in [-0.39, 0.29) is 11.8 Å². The first-order valence-corrected chi connectivity index (χ1v) is 7.89. The molecule has 2 fully saturated rings. The molecule has 0 spiro atoms. The van der Waals surface area contributed by atoms with E-state index in [4.69, 9.17) is 5.53 Å². The van der Waals surface area contributed by atoms with Crippen molar-refractivity contribution in [2.24, 2.45) is 11.0 Å². The molecule has 3 rings (SSSR count). The Morgan fingerprint density at radius 1 is 1.27 bits per heavy atom. The minimum atomic E-state index is 0.128. The molecule has 116 valence electrons. The van der Waals surface area contributed by atoms with Crippen LogP contribution in [0.1, 0.15) is 24.8 Å². The van der Waals surface area contributed by atoms with Crippen LogP contribution in [0.4, 0.5) is 5.69 Å². The normalized spacial score (nSPS) is 22.1. The van der Waals surface area contributed by atoms with E-state index in [0.717, 1.165) is 25.3 Å². The molecule has 2 aliphatic rings. The summed E-state index contributed by atoms with van der Waals surface area (Å²) >= 11 is 0. The first-order valence-electron chi connectivity index (χ1n) is 7.89. The maximum Gasteiger partial charge on any atom is 0.227 e. The monoisotopic (exact) mass is 299 g/mol. The Morgan fingerprint density at radius 2 is 2.05 bits per heavy atom. The second-order valence-corrected chi connectivity index (χ2v) is 6.10. The Morgan fingerprint density at radius 3 is 2.82 bits per heavy atom. The van der Waals surface area contributed by atoms with Crippen LogP contribution in [0.2, 0.25) is 0 Å². The maximum absolute atomic E-state index is 12.3. The van der Waals surface area contributed by atoms with Gasteiger partial charge in [0.05, 0.1) is 0 Å². The topological polar surface area (TPSA) is 72.3 Å². The second kappa shape index (κ2) is 6.81. The summed E-state index contributed by atoms with van der Waals surface area (Å²) in [4.78, 5) is 19.4. The van der Waals surface area contributed by atoms with Gasteiger partial charge in [0.1, 0.15) is 0 Å². The first kappa shape index (κ1) is 14.9. The highest BCUT2D eigenvalue weighted by Gasteiger charge is 2.31. The number of hydrogen-bond donors (Lipinski definition) is 0. The average Bonchev–Trinajstić information content (AvgIpc) is 3.15. The molecular formula is C16H21N5O. The summed E-state index contributed by atoms with van der Waals surface area (Å²) in [5, 5.41) is 3.62. The smallest absolute Gasteiger partial charge is 0.227 e. The molecule has 1 unspecified atom stereocenters. The number of benzene rings is 1. The number of para-hydroxylation sites is 1. The molecule has 0 aliphatic carbocycles. The van der Waals surface area contributed by atoms with Crippen molar-refractivity contribution in [3.63, 3.8) is 0 Å². The molecular weight excluding hydrogens is 278 g/mol. The van der Waals surface area contributed by atoms with Crippen LogP contribution >= 0.6 is 0 Å². The number of anilines is 1. The summed E-state index contributed by atoms with van der Waals surface area (Å²) < 4.78 is 0. The van der Waals surface area contributed by atoms with Crippen molar-refractivity contribution in [3.8, 4) is 0 Å². The maximum atomic E-state index is 12.3. The molecule has 22 heavy (non-hydrogen) atoms. The molecule has 0 saturated carbocycles. The largest absolute Gasteiger partial charge is 0.312 e. The predicted octanol–water partition coefficient (Wildman–Crippen LogP) is 2.95. The van der Waals surface area contributed by atoms with Gasteiger partial charge in [-0.2, -0.15) is 0 Å². The highest BCUT2D eigenvalue weighted by molar-refractivity contribution is 5.96. The molecule has 1 atom stereocenters. The van der Waals surface area contributed by atoms with E-state index in [9.17, 15) is 4.79 Å². The zero-order chi connectivity index (χ0) is 15.4. The van der Waals surface area contributed by atoms with Gasteiger partial charge in [-0.1, -0.05) is 23.3 Å². The fourth-order valence-corrected chi connectivity index (χ4v) is 3.38. The summed E-state index contributed by atoms with van der Waals surface area (Å²) in [7, 11) is 0. The third-order valence-corrected chi connectivity index (χ3v) is 4.48. The number of likely N-dealkylation sites (tertiary alicyclic amines) is 1. The van der Waals surface area contributed by atoms with Crippen LogP contribution in [0, 0.1) is 5.92 Å². The van der Waals surface area contributed by atoms with Gasteiger partial charge >= 0.3 is 0 Å². The van der Waals surface area contributed by atoms with Gasteiger partial charge < -0.3 is 4.90 Å². The van der Waals surface area contributed by atoms with Crippen molar-refractivity contribution in [2.75, 3.05) is 31.1 Å². The van der Waals surface area contributed by atoms with Gasteiger partial charge in [-0.15, -0.1) is 0 Å². The van der Waals surface area contributed by atoms with Gasteiger partial charge in [-0.3, -0.25) is 9.69 Å². The minimum absolute atomic E-state index is 0.128. The van der Waals surface area contributed by atoms with Crippen molar-refractivity contribution in [2.45, 2.75) is 25.8 Å². The van der Waals surface area contributed by atoms with Crippen LogP contribution in [-0.4, -0.2) is 37.0 Å². The Kier molecular flexibility index (Phi) is 4.61. The molecule has 1 aromatic rings. The van der Waals surface area contributed by atoms with Crippen molar-refractivity contribution in [3.05, 3.63) is 40.3 Å². The molecule has 0 N–H and O–H groups in total. The number of carbonyl (C=O) groups excluding carboxylic acids is 1. The van der Waals surface area contributed by atoms with E-state index in [1.165, 1.54) is 18.4 Å². The number of azide groups is 1. The van der Waals surface area contributed by atoms with Gasteiger partial charge in [0.2, 0.25) is 5.91 Å². The molecule has 2 saturated heterocycles. The van der Waals surface area contributed by atoms with Crippen molar-refractivity contribution in [1.29, 1.82) is 0 Å². The molecule has 1 amide bonds. The van der Waals surface area contributed by atoms with Crippen LogP contribution in [0.3, 0.4) is 0 Å². The third kappa shape index (κ3) is 3.24. The van der Waals surface area contributed by atoms with E-state index in [1.807, 2.05) is 23.1 Å². The van der Waals surface area contributed by atoms with Gasteiger partial charge in [0.25, 0.3) is 0 Å². The second-order valence-electron chi connectivity index (χ2n) is 6.10. The summed E-state index contributed by atoms with van der Waals surface area (Å²) in [5.41, 5.74) is 10.7. The molecule has 2 heterocycles. The minimum Gasteiger partial charge on any atom is -0.312 e. The lowest BCUT2D eigenvalue weighted by atomic mass is 10.1. The Balaban J connectivity index is 1.76. The van der Waals surface area contributed by atoms with Crippen molar-refractivity contribution in [1.82, 2.24) is 4.90 Å². The lowest BCUT2D eigenvalue weighted by molar-refractivity contribution is -0.117. The molecule has 1 aromatic carbocycles. The standard InChI is InChI=1S/C16H21N5O/c17-19-18-10-13-9-16(22)21(11-13)15-6-2-1-5-14(15)12-20-7-3-4-8-20/h1-2,5-6,13H,3-4,7-12H2. The van der Waals surface area contributed by atoms with E-state index < -0.39 is 0 Å². The Labute approximate surface area is 130 Å². The molecule has 0 radical (unpaired) electrons. The van der Waals surface area contributed by atoms with E-state index in [2.05, 4.69) is 21.0 Å². The SMILES string of the molecule is [N-]=[N+]=NCC1CC(=O)N(c2ccccc2CN2CCCC2)C1. The molecule has 2 aliphatic heterocycles. The Hall–Kier alpha value is -2.04. The van der Waals surface area contributed by atoms with E-state index in [1.54, 1.807) is 0 Å². The van der Waals surface area contributed by atoms with Gasteiger partial charge in [0.15, 0.2) is 0 Å². The lowest BCUT2D eigenvalue weighted by Crippen LogP contribution is -2.27. The van der Waals surface area contributed by atoms with Crippen LogP contribution in [0.25, 0.3) is 10.4 Å². The van der Waals surface area contributed by atoms with Crippen molar-refractivity contribution >= 4 is 11.6 Å². The van der Waals surface area contributed by atoms with Gasteiger partial charge in [0, 0.05) is 36.7 Å². The van der Waals surface area contributed by atoms with Crippen LogP contribution in [0.5, 0.6) is 0 Å².